The Hall–Kier alpha value is -3.08. The molecule has 1 fully saturated rings. The van der Waals surface area contributed by atoms with Crippen molar-refractivity contribution < 1.29 is 27.9 Å². The Kier molecular flexibility index (Phi) is 13.3. The second-order valence-corrected chi connectivity index (χ2v) is 13.8. The summed E-state index contributed by atoms with van der Waals surface area (Å²) in [6.07, 6.45) is 7.51. The average molecular weight is 614 g/mol. The lowest BCUT2D eigenvalue weighted by atomic mass is 9.84. The van der Waals surface area contributed by atoms with E-state index in [9.17, 15) is 18.0 Å². The fourth-order valence-corrected chi connectivity index (χ4v) is 6.87. The zero-order chi connectivity index (χ0) is 31.4. The van der Waals surface area contributed by atoms with Crippen LogP contribution in [0.1, 0.15) is 79.4 Å². The van der Waals surface area contributed by atoms with Gasteiger partial charge in [0.05, 0.1) is 4.90 Å². The van der Waals surface area contributed by atoms with Crippen LogP contribution in [0.5, 0.6) is 0 Å². The smallest absolute Gasteiger partial charge is 0.290 e. The number of ketones is 1. The molecule has 0 unspecified atom stereocenters. The van der Waals surface area contributed by atoms with Crippen LogP contribution in [-0.4, -0.2) is 68.8 Å². The first-order valence-corrected chi connectivity index (χ1v) is 16.8. The van der Waals surface area contributed by atoms with E-state index in [0.29, 0.717) is 5.92 Å². The summed E-state index contributed by atoms with van der Waals surface area (Å²) in [4.78, 5) is 36.0. The molecule has 2 aromatic carbocycles. The molecule has 1 heterocycles. The second kappa shape index (κ2) is 16.7. The summed E-state index contributed by atoms with van der Waals surface area (Å²) in [6, 6.07) is 13.1. The lowest BCUT2D eigenvalue weighted by Gasteiger charge is -2.30. The van der Waals surface area contributed by atoms with Gasteiger partial charge in [-0.15, -0.1) is 0 Å². The second-order valence-electron chi connectivity index (χ2n) is 12.0. The number of carboxylic acid groups (broad SMARTS) is 1. The van der Waals surface area contributed by atoms with E-state index in [2.05, 4.69) is 27.1 Å². The quantitative estimate of drug-likeness (QED) is 0.253. The number of carbonyl (C=O) groups is 3. The van der Waals surface area contributed by atoms with Crippen LogP contribution in [-0.2, 0) is 32.5 Å². The van der Waals surface area contributed by atoms with Gasteiger partial charge in [-0.2, -0.15) is 0 Å². The summed E-state index contributed by atoms with van der Waals surface area (Å²) in [5, 5.41) is 10.00. The first kappa shape index (κ1) is 34.4. The minimum absolute atomic E-state index is 0.0222. The summed E-state index contributed by atoms with van der Waals surface area (Å²) in [6.45, 7) is 8.84. The zero-order valence-corrected chi connectivity index (χ0v) is 26.5. The Balaban J connectivity index is 0.00000162. The highest BCUT2D eigenvalue weighted by Gasteiger charge is 2.24. The van der Waals surface area contributed by atoms with Crippen molar-refractivity contribution in [3.05, 3.63) is 64.7 Å². The SMILES string of the molecule is Cc1ccc(S(=O)(=O)NCCC(=O)NC2CCC(CCN3CCc4ccc(C(=O)C(C)C)cc4CC3)CC2)cc1.O=CO. The molecule has 0 aromatic heterocycles. The van der Waals surface area contributed by atoms with Gasteiger partial charge in [-0.1, -0.05) is 43.7 Å². The summed E-state index contributed by atoms with van der Waals surface area (Å²) >= 11 is 0. The topological polar surface area (TPSA) is 133 Å². The van der Waals surface area contributed by atoms with Gasteiger partial charge in [0, 0.05) is 43.6 Å². The van der Waals surface area contributed by atoms with Crippen molar-refractivity contribution in [3.8, 4) is 0 Å². The number of amides is 1. The summed E-state index contributed by atoms with van der Waals surface area (Å²) in [5.41, 5.74) is 4.54. The maximum Gasteiger partial charge on any atom is 0.290 e. The van der Waals surface area contributed by atoms with Gasteiger partial charge in [-0.3, -0.25) is 14.4 Å². The Morgan fingerprint density at radius 3 is 2.26 bits per heavy atom. The molecule has 1 saturated carbocycles. The molecule has 236 valence electrons. The molecule has 10 heteroatoms. The van der Waals surface area contributed by atoms with Crippen LogP contribution in [0.15, 0.2) is 47.4 Å². The minimum atomic E-state index is -3.60. The van der Waals surface area contributed by atoms with E-state index < -0.39 is 10.0 Å². The monoisotopic (exact) mass is 613 g/mol. The lowest BCUT2D eigenvalue weighted by Crippen LogP contribution is -2.39. The fraction of sp³-hybridized carbons (Fsp3) is 0.545. The largest absolute Gasteiger partial charge is 0.483 e. The molecular formula is C33H47N3O6S. The van der Waals surface area contributed by atoms with Crippen LogP contribution in [0.3, 0.4) is 0 Å². The molecule has 1 amide bonds. The van der Waals surface area contributed by atoms with E-state index in [1.165, 1.54) is 17.5 Å². The van der Waals surface area contributed by atoms with Crippen molar-refractivity contribution in [2.45, 2.75) is 83.1 Å². The molecule has 0 spiro atoms. The van der Waals surface area contributed by atoms with E-state index in [4.69, 9.17) is 9.90 Å². The van der Waals surface area contributed by atoms with Crippen molar-refractivity contribution in [1.29, 1.82) is 0 Å². The highest BCUT2D eigenvalue weighted by atomic mass is 32.2. The van der Waals surface area contributed by atoms with Crippen molar-refractivity contribution in [1.82, 2.24) is 14.9 Å². The number of hydrogen-bond donors (Lipinski definition) is 3. The van der Waals surface area contributed by atoms with Crippen LogP contribution in [0.2, 0.25) is 0 Å². The number of Topliss-reactive ketones (excluding diaryl/α,β-unsaturated/α-hetero) is 1. The summed E-state index contributed by atoms with van der Waals surface area (Å²) in [5.74, 6) is 0.820. The van der Waals surface area contributed by atoms with Crippen LogP contribution >= 0.6 is 0 Å². The average Bonchev–Trinajstić information content (AvgIpc) is 3.18. The van der Waals surface area contributed by atoms with Crippen LogP contribution in [0.4, 0.5) is 0 Å². The molecule has 9 nitrogen and oxygen atoms in total. The standard InChI is InChI=1S/C32H45N3O4S.CH2O2/c1-23(2)32(37)28-9-8-26-16-20-35(21-17-27(26)22-28)19-15-25-6-10-29(11-7-25)34-31(36)14-18-33-40(38,39)30-12-4-24(3)5-13-30;2-1-3/h4-5,8-9,12-13,22-23,25,29,33H,6-7,10-11,14-21H2,1-3H3,(H,34,36);1H,(H,2,3). The number of nitrogens with one attached hydrogen (secondary N) is 2. The van der Waals surface area contributed by atoms with E-state index in [1.807, 2.05) is 26.8 Å². The normalized spacial score (nSPS) is 19.0. The molecular weight excluding hydrogens is 566 g/mol. The van der Waals surface area contributed by atoms with Gasteiger partial charge < -0.3 is 15.3 Å². The number of sulfonamides is 1. The number of benzene rings is 2. The maximum atomic E-state index is 12.4. The molecule has 4 rings (SSSR count). The predicted octanol–water partition coefficient (Wildman–Crippen LogP) is 4.37. The highest BCUT2D eigenvalue weighted by Crippen LogP contribution is 2.28. The van der Waals surface area contributed by atoms with Gasteiger partial charge in [0.25, 0.3) is 6.47 Å². The lowest BCUT2D eigenvalue weighted by molar-refractivity contribution is -0.123. The third-order valence-electron chi connectivity index (χ3n) is 8.45. The summed E-state index contributed by atoms with van der Waals surface area (Å²) < 4.78 is 27.3. The number of aryl methyl sites for hydroxylation is 1. The van der Waals surface area contributed by atoms with Crippen molar-refractivity contribution >= 4 is 28.2 Å². The van der Waals surface area contributed by atoms with Gasteiger partial charge in [0.1, 0.15) is 0 Å². The number of hydrogen-bond acceptors (Lipinski definition) is 6. The number of fused-ring (bicyclic) bond motifs is 1. The van der Waals surface area contributed by atoms with Gasteiger partial charge >= 0.3 is 0 Å². The number of nitrogens with zero attached hydrogens (tertiary/aromatic N) is 1. The Labute approximate surface area is 256 Å². The first-order valence-electron chi connectivity index (χ1n) is 15.3. The molecule has 0 saturated heterocycles. The van der Waals surface area contributed by atoms with Crippen LogP contribution in [0, 0.1) is 18.8 Å². The third-order valence-corrected chi connectivity index (χ3v) is 9.93. The molecule has 3 N–H and O–H groups in total. The zero-order valence-electron chi connectivity index (χ0n) is 25.7. The van der Waals surface area contributed by atoms with E-state index in [0.717, 1.165) is 69.3 Å². The number of carbonyl (C=O) groups excluding carboxylic acids is 2. The van der Waals surface area contributed by atoms with Crippen molar-refractivity contribution in [2.75, 3.05) is 26.2 Å². The van der Waals surface area contributed by atoms with Crippen LogP contribution < -0.4 is 10.0 Å². The fourth-order valence-electron chi connectivity index (χ4n) is 5.84. The van der Waals surface area contributed by atoms with Crippen molar-refractivity contribution in [3.63, 3.8) is 0 Å². The third kappa shape index (κ3) is 10.9. The summed E-state index contributed by atoms with van der Waals surface area (Å²) in [7, 11) is -3.60. The molecule has 1 aliphatic heterocycles. The van der Waals surface area contributed by atoms with Crippen molar-refractivity contribution in [2.24, 2.45) is 11.8 Å². The predicted molar refractivity (Wildman–Crippen MR) is 168 cm³/mol. The molecule has 43 heavy (non-hydrogen) atoms. The Morgan fingerprint density at radius 1 is 1.00 bits per heavy atom. The minimum Gasteiger partial charge on any atom is -0.483 e. The Bertz CT molecular complexity index is 1320. The van der Waals surface area contributed by atoms with Gasteiger partial charge in [-0.25, -0.2) is 13.1 Å². The molecule has 1 aliphatic carbocycles. The molecule has 0 atom stereocenters. The van der Waals surface area contributed by atoms with Gasteiger partial charge in [0.2, 0.25) is 15.9 Å². The molecule has 2 aromatic rings. The maximum absolute atomic E-state index is 12.4. The highest BCUT2D eigenvalue weighted by molar-refractivity contribution is 7.89. The van der Waals surface area contributed by atoms with E-state index in [1.54, 1.807) is 24.3 Å². The number of rotatable bonds is 11. The molecule has 2 aliphatic rings. The van der Waals surface area contributed by atoms with E-state index >= 15 is 0 Å². The Morgan fingerprint density at radius 2 is 1.63 bits per heavy atom. The molecule has 0 radical (unpaired) electrons. The molecule has 0 bridgehead atoms. The first-order chi connectivity index (χ1) is 20.5. The van der Waals surface area contributed by atoms with E-state index in [-0.39, 0.29) is 48.0 Å². The van der Waals surface area contributed by atoms with Gasteiger partial charge in [-0.05, 0) is 93.7 Å². The van der Waals surface area contributed by atoms with Gasteiger partial charge in [0.15, 0.2) is 5.78 Å². The van der Waals surface area contributed by atoms with Crippen LogP contribution in [0.25, 0.3) is 0 Å².